The van der Waals surface area contributed by atoms with Crippen LogP contribution in [0.3, 0.4) is 0 Å². The first-order valence-electron chi connectivity index (χ1n) is 6.24. The Balaban J connectivity index is 1.82. The van der Waals surface area contributed by atoms with E-state index in [-0.39, 0.29) is 0 Å². The summed E-state index contributed by atoms with van der Waals surface area (Å²) in [5, 5.41) is 8.46. The molecule has 6 nitrogen and oxygen atoms in total. The van der Waals surface area contributed by atoms with Crippen molar-refractivity contribution in [1.29, 1.82) is 0 Å². The van der Waals surface area contributed by atoms with Crippen LogP contribution in [0.5, 0.6) is 0 Å². The van der Waals surface area contributed by atoms with Crippen LogP contribution in [-0.2, 0) is 13.1 Å². The van der Waals surface area contributed by atoms with Crippen LogP contribution in [0.15, 0.2) is 4.52 Å². The molecule has 2 heterocycles. The van der Waals surface area contributed by atoms with Crippen LogP contribution >= 0.6 is 0 Å². The lowest BCUT2D eigenvalue weighted by molar-refractivity contribution is 0.372. The first-order chi connectivity index (χ1) is 8.69. The van der Waals surface area contributed by atoms with Gasteiger partial charge in [-0.05, 0) is 26.7 Å². The van der Waals surface area contributed by atoms with Crippen molar-refractivity contribution >= 4 is 0 Å². The zero-order chi connectivity index (χ0) is 12.7. The first kappa shape index (κ1) is 11.4. The summed E-state index contributed by atoms with van der Waals surface area (Å²) in [4.78, 5) is 4.40. The van der Waals surface area contributed by atoms with E-state index in [1.807, 2.05) is 18.5 Å². The topological polar surface area (TPSA) is 82.8 Å². The van der Waals surface area contributed by atoms with Gasteiger partial charge in [0.25, 0.3) is 0 Å². The van der Waals surface area contributed by atoms with E-state index >= 15 is 0 Å². The molecule has 0 amide bonds. The lowest BCUT2D eigenvalue weighted by atomic mass is 10.2. The number of hydrogen-bond donors (Lipinski definition) is 1. The normalized spacial score (nSPS) is 15.3. The van der Waals surface area contributed by atoms with Crippen LogP contribution in [-0.4, -0.2) is 19.9 Å². The van der Waals surface area contributed by atoms with Crippen molar-refractivity contribution in [2.24, 2.45) is 5.73 Å². The van der Waals surface area contributed by atoms with E-state index in [1.165, 1.54) is 12.8 Å². The standard InChI is InChI=1S/C12H17N5O/c1-7-10(5-13)8(2)17(15-7)6-11-14-12(18-16-11)9-3-4-9/h9H,3-6,13H2,1-2H3. The van der Waals surface area contributed by atoms with Gasteiger partial charge in [-0.3, -0.25) is 4.68 Å². The minimum atomic E-state index is 0.492. The zero-order valence-corrected chi connectivity index (χ0v) is 10.7. The van der Waals surface area contributed by atoms with Gasteiger partial charge in [-0.25, -0.2) is 0 Å². The van der Waals surface area contributed by atoms with Crippen molar-refractivity contribution in [1.82, 2.24) is 19.9 Å². The molecule has 1 aliphatic carbocycles. The van der Waals surface area contributed by atoms with Gasteiger partial charge in [0.05, 0.1) is 5.69 Å². The summed E-state index contributed by atoms with van der Waals surface area (Å²) in [5.74, 6) is 1.95. The molecule has 0 spiro atoms. The average Bonchev–Trinajstić information content (AvgIpc) is 3.03. The molecular weight excluding hydrogens is 230 g/mol. The van der Waals surface area contributed by atoms with E-state index in [9.17, 15) is 0 Å². The highest BCUT2D eigenvalue weighted by Crippen LogP contribution is 2.38. The quantitative estimate of drug-likeness (QED) is 0.879. The summed E-state index contributed by atoms with van der Waals surface area (Å²) in [7, 11) is 0. The first-order valence-corrected chi connectivity index (χ1v) is 6.24. The molecule has 96 valence electrons. The summed E-state index contributed by atoms with van der Waals surface area (Å²) < 4.78 is 7.13. The molecule has 0 aliphatic heterocycles. The van der Waals surface area contributed by atoms with Crippen molar-refractivity contribution in [3.63, 3.8) is 0 Å². The van der Waals surface area contributed by atoms with Crippen LogP contribution in [0.1, 0.15) is 47.4 Å². The molecule has 1 aliphatic rings. The minimum absolute atomic E-state index is 0.492. The molecule has 6 heteroatoms. The lowest BCUT2D eigenvalue weighted by Gasteiger charge is -2.00. The molecule has 0 radical (unpaired) electrons. The number of aromatic nitrogens is 4. The summed E-state index contributed by atoms with van der Waals surface area (Å²) in [5.41, 5.74) is 8.85. The van der Waals surface area contributed by atoms with Gasteiger partial charge in [-0.15, -0.1) is 0 Å². The molecule has 2 aromatic rings. The summed E-state index contributed by atoms with van der Waals surface area (Å²) >= 11 is 0. The van der Waals surface area contributed by atoms with E-state index in [1.54, 1.807) is 0 Å². The van der Waals surface area contributed by atoms with Crippen LogP contribution in [0, 0.1) is 13.8 Å². The molecule has 1 saturated carbocycles. The van der Waals surface area contributed by atoms with Crippen molar-refractivity contribution in [2.45, 2.75) is 45.7 Å². The molecule has 2 aromatic heterocycles. The van der Waals surface area contributed by atoms with Gasteiger partial charge in [0.1, 0.15) is 6.54 Å². The Kier molecular flexibility index (Phi) is 2.66. The van der Waals surface area contributed by atoms with Crippen LogP contribution < -0.4 is 5.73 Å². The highest BCUT2D eigenvalue weighted by Gasteiger charge is 2.29. The van der Waals surface area contributed by atoms with Gasteiger partial charge in [-0.2, -0.15) is 10.1 Å². The molecule has 0 unspecified atom stereocenters. The SMILES string of the molecule is Cc1nn(Cc2noc(C3CC3)n2)c(C)c1CN. The maximum atomic E-state index is 5.71. The molecular formula is C12H17N5O. The van der Waals surface area contributed by atoms with Crippen LogP contribution in [0.4, 0.5) is 0 Å². The van der Waals surface area contributed by atoms with Gasteiger partial charge in [0.15, 0.2) is 5.82 Å². The Hall–Kier alpha value is -1.69. The van der Waals surface area contributed by atoms with Crippen molar-refractivity contribution in [3.05, 3.63) is 28.7 Å². The second-order valence-electron chi connectivity index (χ2n) is 4.83. The molecule has 0 aromatic carbocycles. The monoisotopic (exact) mass is 247 g/mol. The van der Waals surface area contributed by atoms with Gasteiger partial charge < -0.3 is 10.3 Å². The summed E-state index contributed by atoms with van der Waals surface area (Å²) in [6.07, 6.45) is 2.33. The largest absolute Gasteiger partial charge is 0.339 e. The second-order valence-corrected chi connectivity index (χ2v) is 4.83. The van der Waals surface area contributed by atoms with Gasteiger partial charge in [0.2, 0.25) is 5.89 Å². The van der Waals surface area contributed by atoms with E-state index in [2.05, 4.69) is 15.2 Å². The van der Waals surface area contributed by atoms with Crippen molar-refractivity contribution in [2.75, 3.05) is 0 Å². The van der Waals surface area contributed by atoms with E-state index in [0.29, 0.717) is 24.8 Å². The van der Waals surface area contributed by atoms with Crippen LogP contribution in [0.2, 0.25) is 0 Å². The summed E-state index contributed by atoms with van der Waals surface area (Å²) in [6, 6.07) is 0. The number of rotatable bonds is 4. The number of hydrogen-bond acceptors (Lipinski definition) is 5. The molecule has 0 saturated heterocycles. The second kappa shape index (κ2) is 4.20. The van der Waals surface area contributed by atoms with E-state index < -0.39 is 0 Å². The van der Waals surface area contributed by atoms with Crippen LogP contribution in [0.25, 0.3) is 0 Å². The number of nitrogens with zero attached hydrogens (tertiary/aromatic N) is 4. The molecule has 0 bridgehead atoms. The molecule has 18 heavy (non-hydrogen) atoms. The Morgan fingerprint density at radius 1 is 1.39 bits per heavy atom. The molecule has 1 fully saturated rings. The predicted molar refractivity (Wildman–Crippen MR) is 65.0 cm³/mol. The lowest BCUT2D eigenvalue weighted by Crippen LogP contribution is -2.06. The van der Waals surface area contributed by atoms with Gasteiger partial charge >= 0.3 is 0 Å². The Morgan fingerprint density at radius 2 is 2.17 bits per heavy atom. The van der Waals surface area contributed by atoms with Crippen molar-refractivity contribution in [3.8, 4) is 0 Å². The number of nitrogens with two attached hydrogens (primary N) is 1. The maximum absolute atomic E-state index is 5.71. The fourth-order valence-corrected chi connectivity index (χ4v) is 2.15. The van der Waals surface area contributed by atoms with E-state index in [4.69, 9.17) is 10.3 Å². The fourth-order valence-electron chi connectivity index (χ4n) is 2.15. The van der Waals surface area contributed by atoms with Gasteiger partial charge in [0, 0.05) is 23.7 Å². The minimum Gasteiger partial charge on any atom is -0.339 e. The summed E-state index contributed by atoms with van der Waals surface area (Å²) in [6.45, 7) is 5.04. The maximum Gasteiger partial charge on any atom is 0.229 e. The Bertz CT molecular complexity index is 567. The number of aryl methyl sites for hydroxylation is 1. The predicted octanol–water partition coefficient (Wildman–Crippen LogP) is 1.27. The zero-order valence-electron chi connectivity index (χ0n) is 10.7. The average molecular weight is 247 g/mol. The fraction of sp³-hybridized carbons (Fsp3) is 0.583. The third kappa shape index (κ3) is 1.92. The smallest absolute Gasteiger partial charge is 0.229 e. The third-order valence-electron chi connectivity index (χ3n) is 3.44. The molecule has 3 rings (SSSR count). The Labute approximate surface area is 105 Å². The van der Waals surface area contributed by atoms with Gasteiger partial charge in [-0.1, -0.05) is 5.16 Å². The molecule has 0 atom stereocenters. The highest BCUT2D eigenvalue weighted by molar-refractivity contribution is 5.24. The highest BCUT2D eigenvalue weighted by atomic mass is 16.5. The molecule has 2 N–H and O–H groups in total. The third-order valence-corrected chi connectivity index (χ3v) is 3.44. The van der Waals surface area contributed by atoms with Crippen molar-refractivity contribution < 1.29 is 4.52 Å². The van der Waals surface area contributed by atoms with E-state index in [0.717, 1.165) is 22.8 Å². The Morgan fingerprint density at radius 3 is 2.78 bits per heavy atom.